The summed E-state index contributed by atoms with van der Waals surface area (Å²) in [5.41, 5.74) is 1.97. The van der Waals surface area contributed by atoms with Gasteiger partial charge in [0.1, 0.15) is 18.1 Å². The monoisotopic (exact) mass is 305 g/mol. The van der Waals surface area contributed by atoms with Crippen LogP contribution in [0.25, 0.3) is 0 Å². The van der Waals surface area contributed by atoms with Crippen molar-refractivity contribution in [2.75, 3.05) is 14.2 Å². The minimum absolute atomic E-state index is 0.127. The van der Waals surface area contributed by atoms with Crippen LogP contribution in [-0.2, 0) is 6.61 Å². The highest BCUT2D eigenvalue weighted by Gasteiger charge is 2.16. The molecule has 0 aliphatic heterocycles. The highest BCUT2D eigenvalue weighted by atomic mass is 35.5. The number of hydrogen-bond donors (Lipinski definition) is 1. The van der Waals surface area contributed by atoms with Gasteiger partial charge >= 0.3 is 0 Å². The average molecular weight is 306 g/mol. The molecule has 1 atom stereocenters. The van der Waals surface area contributed by atoms with Crippen LogP contribution < -0.4 is 14.8 Å². The van der Waals surface area contributed by atoms with Crippen LogP contribution in [0.2, 0.25) is 5.02 Å². The van der Waals surface area contributed by atoms with E-state index in [2.05, 4.69) is 12.2 Å². The average Bonchev–Trinajstić information content (AvgIpc) is 2.53. The molecule has 0 saturated carbocycles. The van der Waals surface area contributed by atoms with Gasteiger partial charge in [0.2, 0.25) is 0 Å². The predicted molar refractivity (Wildman–Crippen MR) is 86.3 cm³/mol. The van der Waals surface area contributed by atoms with E-state index in [9.17, 15) is 0 Å². The van der Waals surface area contributed by atoms with E-state index in [1.165, 1.54) is 0 Å². The van der Waals surface area contributed by atoms with Crippen LogP contribution >= 0.6 is 11.6 Å². The van der Waals surface area contributed by atoms with Crippen molar-refractivity contribution < 1.29 is 9.47 Å². The van der Waals surface area contributed by atoms with Gasteiger partial charge in [-0.15, -0.1) is 0 Å². The molecule has 0 radical (unpaired) electrons. The number of halogens is 1. The maximum absolute atomic E-state index is 6.16. The quantitative estimate of drug-likeness (QED) is 0.867. The molecular weight excluding hydrogens is 286 g/mol. The van der Waals surface area contributed by atoms with Gasteiger partial charge in [0, 0.05) is 16.6 Å². The van der Waals surface area contributed by atoms with Crippen LogP contribution in [0, 0.1) is 0 Å². The maximum atomic E-state index is 6.16. The summed E-state index contributed by atoms with van der Waals surface area (Å²) in [4.78, 5) is 0. The molecule has 112 valence electrons. The van der Waals surface area contributed by atoms with Crippen molar-refractivity contribution in [3.05, 3.63) is 58.6 Å². The van der Waals surface area contributed by atoms with Crippen LogP contribution in [0.15, 0.2) is 42.5 Å². The van der Waals surface area contributed by atoms with Gasteiger partial charge in [-0.25, -0.2) is 0 Å². The minimum atomic E-state index is 0.127. The lowest BCUT2D eigenvalue weighted by atomic mass is 10.1. The van der Waals surface area contributed by atoms with Crippen LogP contribution in [0.4, 0.5) is 0 Å². The maximum Gasteiger partial charge on any atom is 0.128 e. The molecule has 0 aliphatic rings. The van der Waals surface area contributed by atoms with Crippen molar-refractivity contribution in [1.29, 1.82) is 0 Å². The van der Waals surface area contributed by atoms with E-state index in [-0.39, 0.29) is 6.04 Å². The molecule has 0 amide bonds. The van der Waals surface area contributed by atoms with Crippen molar-refractivity contribution in [2.24, 2.45) is 0 Å². The van der Waals surface area contributed by atoms with E-state index in [1.807, 2.05) is 49.5 Å². The first-order valence-electron chi connectivity index (χ1n) is 6.87. The normalized spacial score (nSPS) is 12.0. The summed E-state index contributed by atoms with van der Waals surface area (Å²) in [6.07, 6.45) is 0. The Morgan fingerprint density at radius 1 is 1.10 bits per heavy atom. The summed E-state index contributed by atoms with van der Waals surface area (Å²) < 4.78 is 11.4. The second-order valence-electron chi connectivity index (χ2n) is 4.76. The van der Waals surface area contributed by atoms with Gasteiger partial charge in [0.05, 0.1) is 12.7 Å². The first-order chi connectivity index (χ1) is 10.2. The predicted octanol–water partition coefficient (Wildman–Crippen LogP) is 4.21. The molecule has 0 saturated heterocycles. The molecule has 2 aromatic carbocycles. The molecule has 0 spiro atoms. The molecule has 0 fully saturated rings. The zero-order valence-corrected chi connectivity index (χ0v) is 13.3. The zero-order valence-electron chi connectivity index (χ0n) is 12.5. The summed E-state index contributed by atoms with van der Waals surface area (Å²) in [6, 6.07) is 13.6. The molecule has 2 aromatic rings. The molecule has 3 nitrogen and oxygen atoms in total. The highest BCUT2D eigenvalue weighted by molar-refractivity contribution is 6.31. The molecule has 0 heterocycles. The Bertz CT molecular complexity index is 601. The molecule has 0 aliphatic carbocycles. The topological polar surface area (TPSA) is 30.5 Å². The van der Waals surface area contributed by atoms with Gasteiger partial charge in [-0.1, -0.05) is 35.9 Å². The van der Waals surface area contributed by atoms with Crippen molar-refractivity contribution in [3.8, 4) is 11.5 Å². The van der Waals surface area contributed by atoms with Crippen molar-refractivity contribution >= 4 is 11.6 Å². The molecule has 1 unspecified atom stereocenters. The lowest BCUT2D eigenvalue weighted by Crippen LogP contribution is -2.15. The van der Waals surface area contributed by atoms with E-state index in [1.54, 1.807) is 7.11 Å². The third-order valence-corrected chi connectivity index (χ3v) is 3.82. The molecule has 0 bridgehead atoms. The van der Waals surface area contributed by atoms with Gasteiger partial charge < -0.3 is 14.8 Å². The fourth-order valence-corrected chi connectivity index (χ4v) is 2.36. The van der Waals surface area contributed by atoms with Gasteiger partial charge in [-0.05, 0) is 32.2 Å². The van der Waals surface area contributed by atoms with Gasteiger partial charge in [-0.2, -0.15) is 0 Å². The number of nitrogens with one attached hydrogen (secondary N) is 1. The number of rotatable bonds is 6. The summed E-state index contributed by atoms with van der Waals surface area (Å²) in [5.74, 6) is 1.62. The molecule has 1 N–H and O–H groups in total. The molecular formula is C17H20ClNO2. The minimum Gasteiger partial charge on any atom is -0.496 e. The standard InChI is InChI=1S/C17H20ClNO2/c1-12(19-2)17-15(20-3)9-6-10-16(17)21-11-13-7-4-5-8-14(13)18/h4-10,12,19H,11H2,1-3H3. The van der Waals surface area contributed by atoms with E-state index in [4.69, 9.17) is 21.1 Å². The second-order valence-corrected chi connectivity index (χ2v) is 5.17. The lowest BCUT2D eigenvalue weighted by Gasteiger charge is -2.19. The molecule has 0 aromatic heterocycles. The lowest BCUT2D eigenvalue weighted by molar-refractivity contribution is 0.296. The van der Waals surface area contributed by atoms with E-state index in [0.29, 0.717) is 11.6 Å². The van der Waals surface area contributed by atoms with Crippen LogP contribution in [0.3, 0.4) is 0 Å². The Hall–Kier alpha value is -1.71. The summed E-state index contributed by atoms with van der Waals surface area (Å²) in [7, 11) is 3.58. The smallest absolute Gasteiger partial charge is 0.128 e. The van der Waals surface area contributed by atoms with E-state index in [0.717, 1.165) is 22.6 Å². The molecule has 4 heteroatoms. The fourth-order valence-electron chi connectivity index (χ4n) is 2.17. The third-order valence-electron chi connectivity index (χ3n) is 3.45. The first kappa shape index (κ1) is 15.7. The van der Waals surface area contributed by atoms with Crippen LogP contribution in [0.1, 0.15) is 24.1 Å². The van der Waals surface area contributed by atoms with Crippen LogP contribution in [0.5, 0.6) is 11.5 Å². The first-order valence-corrected chi connectivity index (χ1v) is 7.25. The summed E-state index contributed by atoms with van der Waals surface area (Å²) in [5, 5.41) is 3.93. The summed E-state index contributed by atoms with van der Waals surface area (Å²) in [6.45, 7) is 2.50. The Balaban J connectivity index is 2.25. The Morgan fingerprint density at radius 3 is 2.48 bits per heavy atom. The number of benzene rings is 2. The number of ether oxygens (including phenoxy) is 2. The second kappa shape index (κ2) is 7.34. The largest absolute Gasteiger partial charge is 0.496 e. The Kier molecular flexibility index (Phi) is 5.48. The van der Waals surface area contributed by atoms with Crippen molar-refractivity contribution in [3.63, 3.8) is 0 Å². The number of methoxy groups -OCH3 is 1. The molecule has 21 heavy (non-hydrogen) atoms. The third kappa shape index (κ3) is 3.69. The van der Waals surface area contributed by atoms with Gasteiger partial charge in [-0.3, -0.25) is 0 Å². The van der Waals surface area contributed by atoms with Gasteiger partial charge in [0.25, 0.3) is 0 Å². The molecule has 2 rings (SSSR count). The number of hydrogen-bond acceptors (Lipinski definition) is 3. The Morgan fingerprint density at radius 2 is 1.81 bits per heavy atom. The van der Waals surface area contributed by atoms with Crippen LogP contribution in [-0.4, -0.2) is 14.2 Å². The van der Waals surface area contributed by atoms with Crippen molar-refractivity contribution in [2.45, 2.75) is 19.6 Å². The van der Waals surface area contributed by atoms with Gasteiger partial charge in [0.15, 0.2) is 0 Å². The van der Waals surface area contributed by atoms with E-state index < -0.39 is 0 Å². The highest BCUT2D eigenvalue weighted by Crippen LogP contribution is 2.34. The van der Waals surface area contributed by atoms with Crippen molar-refractivity contribution in [1.82, 2.24) is 5.32 Å². The fraction of sp³-hybridized carbons (Fsp3) is 0.294. The zero-order chi connectivity index (χ0) is 15.2. The summed E-state index contributed by atoms with van der Waals surface area (Å²) >= 11 is 6.16. The van der Waals surface area contributed by atoms with E-state index >= 15 is 0 Å². The Labute approximate surface area is 130 Å². The SMILES string of the molecule is CNC(C)c1c(OC)cccc1OCc1ccccc1Cl.